The number of allylic oxidation sites excluding steroid dienone is 1. The summed E-state index contributed by atoms with van der Waals surface area (Å²) in [6.45, 7) is 3.24. The van der Waals surface area contributed by atoms with Crippen molar-refractivity contribution in [1.82, 2.24) is 0 Å². The van der Waals surface area contributed by atoms with Gasteiger partial charge < -0.3 is 4.90 Å². The van der Waals surface area contributed by atoms with Crippen molar-refractivity contribution in [1.29, 1.82) is 0 Å². The smallest absolute Gasteiger partial charge is 0.0765 e. The first kappa shape index (κ1) is 9.06. The molecule has 0 bridgehead atoms. The SMILES string of the molecule is CCN1C(I)=CCc2ccccc21. The summed E-state index contributed by atoms with van der Waals surface area (Å²) in [4.78, 5) is 2.35. The summed E-state index contributed by atoms with van der Waals surface area (Å²) in [7, 11) is 0. The first-order valence-electron chi connectivity index (χ1n) is 4.54. The van der Waals surface area contributed by atoms with Gasteiger partial charge in [0.05, 0.1) is 3.70 Å². The minimum Gasteiger partial charge on any atom is -0.337 e. The molecule has 1 aromatic carbocycles. The predicted molar refractivity (Wildman–Crippen MR) is 65.3 cm³/mol. The van der Waals surface area contributed by atoms with E-state index in [1.54, 1.807) is 0 Å². The Hall–Kier alpha value is -0.510. The lowest BCUT2D eigenvalue weighted by Crippen LogP contribution is -2.22. The van der Waals surface area contributed by atoms with Crippen molar-refractivity contribution in [3.63, 3.8) is 0 Å². The molecule has 1 aliphatic heterocycles. The second-order valence-corrected chi connectivity index (χ2v) is 4.21. The number of nitrogens with zero attached hydrogens (tertiary/aromatic N) is 1. The number of para-hydroxylation sites is 1. The molecular weight excluding hydrogens is 273 g/mol. The van der Waals surface area contributed by atoms with Crippen LogP contribution in [0.4, 0.5) is 5.69 Å². The van der Waals surface area contributed by atoms with Crippen LogP contribution in [0.25, 0.3) is 0 Å². The Kier molecular flexibility index (Phi) is 2.58. The Labute approximate surface area is 92.6 Å². The molecule has 0 aromatic heterocycles. The molecule has 1 aromatic rings. The van der Waals surface area contributed by atoms with E-state index in [0.29, 0.717) is 0 Å². The summed E-state index contributed by atoms with van der Waals surface area (Å²) in [5.74, 6) is 0. The molecule has 0 amide bonds. The molecule has 68 valence electrons. The van der Waals surface area contributed by atoms with E-state index in [4.69, 9.17) is 0 Å². The summed E-state index contributed by atoms with van der Waals surface area (Å²) in [6.07, 6.45) is 3.36. The summed E-state index contributed by atoms with van der Waals surface area (Å²) in [5, 5.41) is 0. The molecule has 0 saturated heterocycles. The maximum Gasteiger partial charge on any atom is 0.0765 e. The number of rotatable bonds is 1. The normalized spacial score (nSPS) is 15.2. The average Bonchev–Trinajstić information content (AvgIpc) is 2.18. The van der Waals surface area contributed by atoms with Gasteiger partial charge in [0, 0.05) is 12.2 Å². The van der Waals surface area contributed by atoms with Gasteiger partial charge >= 0.3 is 0 Å². The van der Waals surface area contributed by atoms with Gasteiger partial charge in [-0.05, 0) is 53.6 Å². The van der Waals surface area contributed by atoms with E-state index in [0.717, 1.165) is 13.0 Å². The molecule has 2 heteroatoms. The van der Waals surface area contributed by atoms with Gasteiger partial charge in [-0.1, -0.05) is 18.2 Å². The maximum atomic E-state index is 2.40. The molecule has 0 atom stereocenters. The van der Waals surface area contributed by atoms with Crippen LogP contribution in [0, 0.1) is 0 Å². The molecule has 0 N–H and O–H groups in total. The number of hydrogen-bond donors (Lipinski definition) is 0. The molecule has 13 heavy (non-hydrogen) atoms. The molecule has 0 radical (unpaired) electrons. The highest BCUT2D eigenvalue weighted by atomic mass is 127. The minimum absolute atomic E-state index is 1.05. The highest BCUT2D eigenvalue weighted by Crippen LogP contribution is 2.31. The van der Waals surface area contributed by atoms with Crippen LogP contribution < -0.4 is 4.90 Å². The molecule has 1 heterocycles. The van der Waals surface area contributed by atoms with E-state index in [2.05, 4.69) is 64.8 Å². The van der Waals surface area contributed by atoms with E-state index in [1.165, 1.54) is 15.0 Å². The molecule has 1 nitrogen and oxygen atoms in total. The molecule has 0 spiro atoms. The summed E-state index contributed by atoms with van der Waals surface area (Å²) in [6, 6.07) is 8.62. The van der Waals surface area contributed by atoms with E-state index in [9.17, 15) is 0 Å². The molecule has 0 unspecified atom stereocenters. The molecule has 0 saturated carbocycles. The molecular formula is C11H12IN. The van der Waals surface area contributed by atoms with Crippen molar-refractivity contribution in [3.05, 3.63) is 39.6 Å². The lowest BCUT2D eigenvalue weighted by atomic mass is 10.1. The van der Waals surface area contributed by atoms with E-state index >= 15 is 0 Å². The van der Waals surface area contributed by atoms with Gasteiger partial charge in [0.2, 0.25) is 0 Å². The predicted octanol–water partition coefficient (Wildman–Crippen LogP) is 3.35. The Bertz CT molecular complexity index is 344. The standard InChI is InChI=1S/C11H12IN/c1-2-13-10-6-4-3-5-9(10)7-8-11(13)12/h3-6,8H,2,7H2,1H3. The fourth-order valence-corrected chi connectivity index (χ4v) is 2.51. The second-order valence-electron chi connectivity index (χ2n) is 3.10. The summed E-state index contributed by atoms with van der Waals surface area (Å²) < 4.78 is 1.35. The van der Waals surface area contributed by atoms with Crippen LogP contribution in [0.5, 0.6) is 0 Å². The van der Waals surface area contributed by atoms with Gasteiger partial charge in [-0.3, -0.25) is 0 Å². The lowest BCUT2D eigenvalue weighted by Gasteiger charge is -2.28. The van der Waals surface area contributed by atoms with Crippen molar-refractivity contribution < 1.29 is 0 Å². The highest BCUT2D eigenvalue weighted by Gasteiger charge is 2.15. The third-order valence-electron chi connectivity index (χ3n) is 2.35. The number of anilines is 1. The topological polar surface area (TPSA) is 3.24 Å². The van der Waals surface area contributed by atoms with Crippen molar-refractivity contribution in [2.75, 3.05) is 11.4 Å². The first-order chi connectivity index (χ1) is 6.33. The zero-order chi connectivity index (χ0) is 9.26. The minimum atomic E-state index is 1.05. The van der Waals surface area contributed by atoms with E-state index in [-0.39, 0.29) is 0 Å². The molecule has 0 aliphatic carbocycles. The van der Waals surface area contributed by atoms with Crippen molar-refractivity contribution in [2.45, 2.75) is 13.3 Å². The largest absolute Gasteiger partial charge is 0.337 e. The van der Waals surface area contributed by atoms with Crippen LogP contribution in [-0.2, 0) is 6.42 Å². The van der Waals surface area contributed by atoms with E-state index in [1.807, 2.05) is 0 Å². The van der Waals surface area contributed by atoms with Crippen molar-refractivity contribution in [2.24, 2.45) is 0 Å². The lowest BCUT2D eigenvalue weighted by molar-refractivity contribution is 0.967. The van der Waals surface area contributed by atoms with Crippen LogP contribution in [0.15, 0.2) is 34.0 Å². The Morgan fingerprint density at radius 2 is 2.15 bits per heavy atom. The quantitative estimate of drug-likeness (QED) is 0.565. The summed E-state index contributed by atoms with van der Waals surface area (Å²) in [5.41, 5.74) is 2.81. The van der Waals surface area contributed by atoms with Crippen LogP contribution >= 0.6 is 22.6 Å². The number of hydrogen-bond acceptors (Lipinski definition) is 1. The third kappa shape index (κ3) is 1.59. The van der Waals surface area contributed by atoms with Gasteiger partial charge in [0.15, 0.2) is 0 Å². The number of benzene rings is 1. The van der Waals surface area contributed by atoms with Crippen molar-refractivity contribution >= 4 is 28.3 Å². The Balaban J connectivity index is 2.46. The number of halogens is 1. The number of fused-ring (bicyclic) bond motifs is 1. The van der Waals surface area contributed by atoms with Gasteiger partial charge in [-0.2, -0.15) is 0 Å². The zero-order valence-corrected chi connectivity index (χ0v) is 9.78. The fourth-order valence-electron chi connectivity index (χ4n) is 1.69. The highest BCUT2D eigenvalue weighted by molar-refractivity contribution is 14.1. The molecule has 0 fully saturated rings. The van der Waals surface area contributed by atoms with Gasteiger partial charge in [0.1, 0.15) is 0 Å². The second kappa shape index (κ2) is 3.70. The summed E-state index contributed by atoms with van der Waals surface area (Å²) >= 11 is 2.40. The Morgan fingerprint density at radius 3 is 2.92 bits per heavy atom. The van der Waals surface area contributed by atoms with Crippen LogP contribution in [0.3, 0.4) is 0 Å². The van der Waals surface area contributed by atoms with Gasteiger partial charge in [-0.25, -0.2) is 0 Å². The van der Waals surface area contributed by atoms with Crippen LogP contribution in [0.1, 0.15) is 12.5 Å². The van der Waals surface area contributed by atoms with Crippen LogP contribution in [-0.4, -0.2) is 6.54 Å². The Morgan fingerprint density at radius 1 is 1.38 bits per heavy atom. The first-order valence-corrected chi connectivity index (χ1v) is 5.62. The molecule has 2 rings (SSSR count). The zero-order valence-electron chi connectivity index (χ0n) is 7.63. The van der Waals surface area contributed by atoms with Gasteiger partial charge in [0.25, 0.3) is 0 Å². The van der Waals surface area contributed by atoms with Gasteiger partial charge in [-0.15, -0.1) is 0 Å². The maximum absolute atomic E-state index is 2.40. The average molecular weight is 285 g/mol. The van der Waals surface area contributed by atoms with Crippen molar-refractivity contribution in [3.8, 4) is 0 Å². The fraction of sp³-hybridized carbons (Fsp3) is 0.273. The molecule has 1 aliphatic rings. The monoisotopic (exact) mass is 285 g/mol. The third-order valence-corrected chi connectivity index (χ3v) is 3.37. The van der Waals surface area contributed by atoms with E-state index < -0.39 is 0 Å². The van der Waals surface area contributed by atoms with Crippen LogP contribution in [0.2, 0.25) is 0 Å².